The van der Waals surface area contributed by atoms with E-state index in [2.05, 4.69) is 30.9 Å². The maximum atomic E-state index is 14.4. The van der Waals surface area contributed by atoms with Gasteiger partial charge in [-0.15, -0.1) is 0 Å². The van der Waals surface area contributed by atoms with E-state index in [-0.39, 0.29) is 5.39 Å². The Balaban J connectivity index is 1.61. The van der Waals surface area contributed by atoms with Gasteiger partial charge in [0.2, 0.25) is 0 Å². The van der Waals surface area contributed by atoms with E-state index in [0.29, 0.717) is 11.1 Å². The van der Waals surface area contributed by atoms with Crippen molar-refractivity contribution >= 4 is 10.8 Å². The van der Waals surface area contributed by atoms with Crippen molar-refractivity contribution in [3.63, 3.8) is 0 Å². The molecule has 0 amide bonds. The molecular formula is C27H18F4. The summed E-state index contributed by atoms with van der Waals surface area (Å²) in [6, 6.07) is 18.6. The highest BCUT2D eigenvalue weighted by Gasteiger charge is 2.17. The molecular weight excluding hydrogens is 400 g/mol. The molecule has 0 saturated carbocycles. The molecule has 0 unspecified atom stereocenters. The van der Waals surface area contributed by atoms with Gasteiger partial charge in [0.05, 0.1) is 5.39 Å². The van der Waals surface area contributed by atoms with Crippen molar-refractivity contribution < 1.29 is 17.6 Å². The quantitative estimate of drug-likeness (QED) is 0.185. The number of benzene rings is 4. The Morgan fingerprint density at radius 1 is 0.645 bits per heavy atom. The Labute approximate surface area is 178 Å². The highest BCUT2D eigenvalue weighted by Crippen LogP contribution is 2.31. The van der Waals surface area contributed by atoms with E-state index in [1.165, 1.54) is 11.6 Å². The van der Waals surface area contributed by atoms with Crippen LogP contribution >= 0.6 is 0 Å². The predicted molar refractivity (Wildman–Crippen MR) is 116 cm³/mol. The lowest BCUT2D eigenvalue weighted by molar-refractivity contribution is 0.451. The third-order valence-corrected chi connectivity index (χ3v) is 5.09. The molecule has 4 rings (SSSR count). The Morgan fingerprint density at radius 3 is 1.87 bits per heavy atom. The first-order chi connectivity index (χ1) is 15.0. The van der Waals surface area contributed by atoms with Gasteiger partial charge in [0.25, 0.3) is 0 Å². The molecule has 0 aliphatic rings. The normalized spacial score (nSPS) is 10.7. The van der Waals surface area contributed by atoms with Crippen LogP contribution < -0.4 is 0 Å². The topological polar surface area (TPSA) is 0 Å². The van der Waals surface area contributed by atoms with Crippen LogP contribution in [0, 0.1) is 35.1 Å². The fourth-order valence-electron chi connectivity index (χ4n) is 3.49. The minimum Gasteiger partial charge on any atom is -0.206 e. The molecule has 0 nitrogen and oxygen atoms in total. The summed E-state index contributed by atoms with van der Waals surface area (Å²) in [6.45, 7) is 2.14. The van der Waals surface area contributed by atoms with E-state index in [1.807, 2.05) is 12.1 Å². The van der Waals surface area contributed by atoms with Gasteiger partial charge >= 0.3 is 0 Å². The van der Waals surface area contributed by atoms with Crippen molar-refractivity contribution in [3.8, 4) is 23.0 Å². The summed E-state index contributed by atoms with van der Waals surface area (Å²) in [4.78, 5) is 0. The third kappa shape index (κ3) is 4.32. The Bertz CT molecular complexity index is 1310. The zero-order valence-corrected chi connectivity index (χ0v) is 16.8. The Morgan fingerprint density at radius 2 is 1.26 bits per heavy atom. The molecule has 0 atom stereocenters. The molecule has 0 radical (unpaired) electrons. The molecule has 0 aromatic heterocycles. The van der Waals surface area contributed by atoms with Gasteiger partial charge < -0.3 is 0 Å². The number of fused-ring (bicyclic) bond motifs is 1. The number of rotatable bonds is 3. The molecule has 4 heteroatoms. The molecule has 154 valence electrons. The van der Waals surface area contributed by atoms with Crippen LogP contribution in [0.4, 0.5) is 17.6 Å². The van der Waals surface area contributed by atoms with Crippen molar-refractivity contribution in [2.45, 2.75) is 19.8 Å². The summed E-state index contributed by atoms with van der Waals surface area (Å²) < 4.78 is 55.3. The number of hydrogen-bond acceptors (Lipinski definition) is 0. The van der Waals surface area contributed by atoms with Crippen LogP contribution in [0.15, 0.2) is 66.7 Å². The van der Waals surface area contributed by atoms with E-state index in [4.69, 9.17) is 0 Å². The number of aryl methyl sites for hydroxylation is 1. The van der Waals surface area contributed by atoms with Crippen LogP contribution in [-0.4, -0.2) is 0 Å². The van der Waals surface area contributed by atoms with Gasteiger partial charge in [0, 0.05) is 11.1 Å². The molecule has 4 aromatic rings. The summed E-state index contributed by atoms with van der Waals surface area (Å²) in [7, 11) is 0. The Kier molecular flexibility index (Phi) is 5.77. The van der Waals surface area contributed by atoms with Crippen LogP contribution in [0.2, 0.25) is 0 Å². The Hall–Kier alpha value is -3.58. The summed E-state index contributed by atoms with van der Waals surface area (Å²) in [5.74, 6) is 0.703. The van der Waals surface area contributed by atoms with Gasteiger partial charge in [-0.2, -0.15) is 0 Å². The van der Waals surface area contributed by atoms with E-state index in [9.17, 15) is 17.6 Å². The lowest BCUT2D eigenvalue weighted by Crippen LogP contribution is -1.95. The second kappa shape index (κ2) is 8.65. The molecule has 0 bridgehead atoms. The minimum atomic E-state index is -1.68. The van der Waals surface area contributed by atoms with Gasteiger partial charge in [-0.25, -0.2) is 17.6 Å². The molecule has 4 aromatic carbocycles. The highest BCUT2D eigenvalue weighted by atomic mass is 19.2. The van der Waals surface area contributed by atoms with Gasteiger partial charge in [-0.05, 0) is 71.0 Å². The summed E-state index contributed by atoms with van der Waals surface area (Å²) in [5.41, 5.74) is 4.06. The van der Waals surface area contributed by atoms with Gasteiger partial charge in [-0.3, -0.25) is 0 Å². The number of hydrogen-bond donors (Lipinski definition) is 0. The summed E-state index contributed by atoms with van der Waals surface area (Å²) in [5, 5.41) is -0.600. The van der Waals surface area contributed by atoms with E-state index < -0.39 is 28.7 Å². The van der Waals surface area contributed by atoms with Gasteiger partial charge in [0.15, 0.2) is 17.5 Å². The third-order valence-electron chi connectivity index (χ3n) is 5.09. The van der Waals surface area contributed by atoms with Gasteiger partial charge in [0.1, 0.15) is 5.82 Å². The molecule has 0 spiro atoms. The van der Waals surface area contributed by atoms with Crippen molar-refractivity contribution in [1.29, 1.82) is 0 Å². The lowest BCUT2D eigenvalue weighted by atomic mass is 9.99. The highest BCUT2D eigenvalue weighted by molar-refractivity contribution is 5.88. The molecule has 0 fully saturated rings. The zero-order chi connectivity index (χ0) is 22.0. The first-order valence-electron chi connectivity index (χ1n) is 9.94. The van der Waals surface area contributed by atoms with Crippen LogP contribution in [0.1, 0.15) is 30.0 Å². The average Bonchev–Trinajstić information content (AvgIpc) is 2.77. The fraction of sp³-hybridized carbons (Fsp3) is 0.111. The summed E-state index contributed by atoms with van der Waals surface area (Å²) in [6.07, 6.45) is 2.14. The SMILES string of the molecule is CCCc1ccc(C#Cc2ccc(-c3cc(F)c4c(F)c(F)c(F)cc4c3)cc2)cc1. The van der Waals surface area contributed by atoms with Crippen molar-refractivity contribution in [2.75, 3.05) is 0 Å². The van der Waals surface area contributed by atoms with Crippen molar-refractivity contribution in [1.82, 2.24) is 0 Å². The molecule has 0 saturated heterocycles. The van der Waals surface area contributed by atoms with Crippen LogP contribution in [0.5, 0.6) is 0 Å². The molecule has 0 N–H and O–H groups in total. The van der Waals surface area contributed by atoms with Crippen LogP contribution in [0.3, 0.4) is 0 Å². The molecule has 31 heavy (non-hydrogen) atoms. The second-order valence-corrected chi connectivity index (χ2v) is 7.32. The average molecular weight is 418 g/mol. The maximum Gasteiger partial charge on any atom is 0.195 e. The fourth-order valence-corrected chi connectivity index (χ4v) is 3.49. The van der Waals surface area contributed by atoms with E-state index >= 15 is 0 Å². The van der Waals surface area contributed by atoms with Crippen molar-refractivity contribution in [3.05, 3.63) is 107 Å². The number of halogens is 4. The van der Waals surface area contributed by atoms with E-state index in [1.54, 1.807) is 24.3 Å². The predicted octanol–water partition coefficient (Wildman–Crippen LogP) is 7.42. The minimum absolute atomic E-state index is 0.0400. The monoisotopic (exact) mass is 418 g/mol. The van der Waals surface area contributed by atoms with Crippen molar-refractivity contribution in [2.24, 2.45) is 0 Å². The smallest absolute Gasteiger partial charge is 0.195 e. The maximum absolute atomic E-state index is 14.4. The first kappa shape index (κ1) is 20.7. The largest absolute Gasteiger partial charge is 0.206 e. The van der Waals surface area contributed by atoms with Gasteiger partial charge in [-0.1, -0.05) is 49.5 Å². The molecule has 0 aliphatic carbocycles. The van der Waals surface area contributed by atoms with Crippen LogP contribution in [0.25, 0.3) is 21.9 Å². The van der Waals surface area contributed by atoms with Crippen LogP contribution in [-0.2, 0) is 6.42 Å². The van der Waals surface area contributed by atoms with E-state index in [0.717, 1.165) is 36.1 Å². The first-order valence-corrected chi connectivity index (χ1v) is 9.94. The summed E-state index contributed by atoms with van der Waals surface area (Å²) >= 11 is 0. The molecule has 0 heterocycles. The molecule has 0 aliphatic heterocycles. The standard InChI is InChI=1S/C27H18F4/c1-2-3-17-4-6-18(7-5-17)8-9-19-10-12-20(13-11-19)21-14-22-16-24(29)26(30)27(31)25(22)23(28)15-21/h4-7,10-16H,2-3H2,1H3. The second-order valence-electron chi connectivity index (χ2n) is 7.32. The lowest BCUT2D eigenvalue weighted by Gasteiger charge is -2.08. The zero-order valence-electron chi connectivity index (χ0n) is 16.8.